The predicted molar refractivity (Wildman–Crippen MR) is 36.4 cm³/mol. The molecule has 0 aromatic rings. The maximum atomic E-state index is 4.84. The molecule has 0 bridgehead atoms. The summed E-state index contributed by atoms with van der Waals surface area (Å²) in [6.45, 7) is 0. The highest BCUT2D eigenvalue weighted by atomic mass is 32.2. The third-order valence-electron chi connectivity index (χ3n) is 1.12. The molecule has 1 heterocycles. The summed E-state index contributed by atoms with van der Waals surface area (Å²) in [4.78, 5) is 0. The van der Waals surface area contributed by atoms with Gasteiger partial charge in [0.1, 0.15) is 0 Å². The molecule has 1 aliphatic rings. The van der Waals surface area contributed by atoms with Gasteiger partial charge in [-0.05, 0) is 17.9 Å². The van der Waals surface area contributed by atoms with Crippen LogP contribution in [0.5, 0.6) is 0 Å². The lowest BCUT2D eigenvalue weighted by molar-refractivity contribution is 0.177. The molecule has 0 N–H and O–H groups in total. The molecule has 1 nitrogen and oxygen atoms in total. The van der Waals surface area contributed by atoms with Crippen molar-refractivity contribution in [2.45, 2.75) is 12.5 Å². The summed E-state index contributed by atoms with van der Waals surface area (Å²) in [5, 5.41) is 2.07. The summed E-state index contributed by atoms with van der Waals surface area (Å²) < 4.78 is 4.84. The van der Waals surface area contributed by atoms with Crippen molar-refractivity contribution in [3.63, 3.8) is 0 Å². The maximum absolute atomic E-state index is 4.84. The van der Waals surface area contributed by atoms with E-state index in [4.69, 9.17) is 4.74 Å². The van der Waals surface area contributed by atoms with E-state index in [1.807, 2.05) is 17.8 Å². The normalized spacial score (nSPS) is 28.4. The molecule has 1 rings (SSSR count). The Morgan fingerprint density at radius 3 is 3.00 bits per heavy atom. The molecule has 45 valence electrons. The van der Waals surface area contributed by atoms with Gasteiger partial charge in [0.2, 0.25) is 0 Å². The van der Waals surface area contributed by atoms with Crippen LogP contribution in [0.25, 0.3) is 0 Å². The molecule has 0 spiro atoms. The van der Waals surface area contributed by atoms with Crippen LogP contribution in [0.2, 0.25) is 0 Å². The van der Waals surface area contributed by atoms with Crippen molar-refractivity contribution in [3.8, 4) is 0 Å². The van der Waals surface area contributed by atoms with Gasteiger partial charge in [-0.15, -0.1) is 11.8 Å². The van der Waals surface area contributed by atoms with Gasteiger partial charge in [-0.2, -0.15) is 0 Å². The number of hydrogen-bond donors (Lipinski definition) is 0. The molecular weight excluding hydrogens is 120 g/mol. The van der Waals surface area contributed by atoms with Crippen LogP contribution in [-0.2, 0) is 4.74 Å². The van der Waals surface area contributed by atoms with Crippen LogP contribution in [0.15, 0.2) is 11.5 Å². The summed E-state index contributed by atoms with van der Waals surface area (Å²) in [5.74, 6) is 1.16. The minimum absolute atomic E-state index is 0.274. The zero-order valence-electron chi connectivity index (χ0n) is 4.67. The summed E-state index contributed by atoms with van der Waals surface area (Å²) in [6.07, 6.45) is 3.42. The second kappa shape index (κ2) is 3.15. The largest absolute Gasteiger partial charge is 0.372 e. The number of ether oxygens (including phenoxy) is 1. The molecule has 0 aromatic heterocycles. The van der Waals surface area contributed by atoms with Crippen molar-refractivity contribution in [2.24, 2.45) is 0 Å². The predicted octanol–water partition coefficient (Wildman–Crippen LogP) is 1.81. The van der Waals surface area contributed by atoms with Crippen molar-refractivity contribution in [1.29, 1.82) is 0 Å². The van der Waals surface area contributed by atoms with Gasteiger partial charge in [0.15, 0.2) is 0 Å². The first-order chi connectivity index (χ1) is 3.93. The van der Waals surface area contributed by atoms with Crippen LogP contribution >= 0.6 is 11.8 Å². The van der Waals surface area contributed by atoms with Crippen LogP contribution in [0.3, 0.4) is 0 Å². The van der Waals surface area contributed by atoms with E-state index < -0.39 is 0 Å². The quantitative estimate of drug-likeness (QED) is 0.534. The highest BCUT2D eigenvalue weighted by Crippen LogP contribution is 2.15. The molecule has 0 saturated carbocycles. The SMILES string of the molecule is [CH2]OC1C=CSCC1. The van der Waals surface area contributed by atoms with Crippen LogP contribution in [-0.4, -0.2) is 11.9 Å². The molecule has 1 aliphatic heterocycles. The van der Waals surface area contributed by atoms with Crippen LogP contribution in [0.4, 0.5) is 0 Å². The Balaban J connectivity index is 2.32. The summed E-state index contributed by atoms with van der Waals surface area (Å²) >= 11 is 1.83. The van der Waals surface area contributed by atoms with E-state index in [1.165, 1.54) is 0 Å². The van der Waals surface area contributed by atoms with E-state index in [0.717, 1.165) is 12.2 Å². The van der Waals surface area contributed by atoms with Gasteiger partial charge < -0.3 is 4.74 Å². The van der Waals surface area contributed by atoms with Gasteiger partial charge in [-0.1, -0.05) is 0 Å². The third-order valence-corrected chi connectivity index (χ3v) is 1.94. The van der Waals surface area contributed by atoms with Gasteiger partial charge in [0, 0.05) is 5.75 Å². The minimum atomic E-state index is 0.274. The average Bonchev–Trinajstić information content (AvgIpc) is 1.90. The van der Waals surface area contributed by atoms with E-state index in [9.17, 15) is 0 Å². The first-order valence-electron chi connectivity index (χ1n) is 2.62. The molecule has 0 saturated heterocycles. The van der Waals surface area contributed by atoms with Crippen molar-refractivity contribution < 1.29 is 4.74 Å². The summed E-state index contributed by atoms with van der Waals surface area (Å²) in [7, 11) is 3.35. The van der Waals surface area contributed by atoms with Gasteiger partial charge in [-0.25, -0.2) is 0 Å². The molecule has 0 aliphatic carbocycles. The zero-order chi connectivity index (χ0) is 5.82. The van der Waals surface area contributed by atoms with Gasteiger partial charge >= 0.3 is 0 Å². The zero-order valence-corrected chi connectivity index (χ0v) is 5.49. The Bertz CT molecular complexity index is 90.5. The molecule has 8 heavy (non-hydrogen) atoms. The van der Waals surface area contributed by atoms with E-state index in [1.54, 1.807) is 0 Å². The van der Waals surface area contributed by atoms with Gasteiger partial charge in [0.05, 0.1) is 13.2 Å². The molecule has 1 atom stereocenters. The van der Waals surface area contributed by atoms with Crippen LogP contribution < -0.4 is 0 Å². The average molecular weight is 129 g/mol. The van der Waals surface area contributed by atoms with Gasteiger partial charge in [-0.3, -0.25) is 0 Å². The summed E-state index contributed by atoms with van der Waals surface area (Å²) in [6, 6.07) is 0. The molecule has 0 fully saturated rings. The van der Waals surface area contributed by atoms with E-state index in [0.29, 0.717) is 0 Å². The lowest BCUT2D eigenvalue weighted by atomic mass is 10.3. The fourth-order valence-corrected chi connectivity index (χ4v) is 1.42. The van der Waals surface area contributed by atoms with Crippen molar-refractivity contribution >= 4 is 11.8 Å². The fraction of sp³-hybridized carbons (Fsp3) is 0.500. The highest BCUT2D eigenvalue weighted by Gasteiger charge is 2.04. The standard InChI is InChI=1S/C6H9OS/c1-7-6-2-4-8-5-3-6/h2,4,6H,1,3,5H2. The first kappa shape index (κ1) is 6.17. The Morgan fingerprint density at radius 2 is 2.62 bits per heavy atom. The lowest BCUT2D eigenvalue weighted by Gasteiger charge is -2.12. The minimum Gasteiger partial charge on any atom is -0.372 e. The summed E-state index contributed by atoms with van der Waals surface area (Å²) in [5.41, 5.74) is 0. The molecular formula is C6H9OS. The van der Waals surface area contributed by atoms with Crippen molar-refractivity contribution in [2.75, 3.05) is 5.75 Å². The topological polar surface area (TPSA) is 9.23 Å². The van der Waals surface area contributed by atoms with Crippen LogP contribution in [0.1, 0.15) is 6.42 Å². The molecule has 1 unspecified atom stereocenters. The Morgan fingerprint density at radius 1 is 1.75 bits per heavy atom. The monoisotopic (exact) mass is 129 g/mol. The van der Waals surface area contributed by atoms with Crippen molar-refractivity contribution in [3.05, 3.63) is 18.6 Å². The fourth-order valence-electron chi connectivity index (χ4n) is 0.631. The van der Waals surface area contributed by atoms with Crippen LogP contribution in [0, 0.1) is 7.11 Å². The molecule has 1 radical (unpaired) electrons. The molecule has 0 aromatic carbocycles. The van der Waals surface area contributed by atoms with E-state index in [2.05, 4.69) is 12.5 Å². The maximum Gasteiger partial charge on any atom is 0.0772 e. The Labute approximate surface area is 54.1 Å². The molecule has 2 heteroatoms. The van der Waals surface area contributed by atoms with Crippen molar-refractivity contribution in [1.82, 2.24) is 0 Å². The lowest BCUT2D eigenvalue weighted by Crippen LogP contribution is -2.08. The Kier molecular flexibility index (Phi) is 2.43. The number of hydrogen-bond acceptors (Lipinski definition) is 2. The van der Waals surface area contributed by atoms with E-state index in [-0.39, 0.29) is 6.10 Å². The smallest absolute Gasteiger partial charge is 0.0772 e. The molecule has 0 amide bonds. The number of rotatable bonds is 1. The third kappa shape index (κ3) is 1.53. The van der Waals surface area contributed by atoms with E-state index >= 15 is 0 Å². The second-order valence-electron chi connectivity index (χ2n) is 1.69. The second-order valence-corrected chi connectivity index (χ2v) is 2.71. The Hall–Kier alpha value is 0.0500. The number of thioether (sulfide) groups is 1. The first-order valence-corrected chi connectivity index (χ1v) is 3.67. The van der Waals surface area contributed by atoms with Gasteiger partial charge in [0.25, 0.3) is 0 Å². The highest BCUT2D eigenvalue weighted by molar-refractivity contribution is 8.02.